The molecule has 2 heterocycles. The molecule has 1 aliphatic heterocycles. The molecule has 0 aromatic carbocycles. The zero-order chi connectivity index (χ0) is 13.7. The van der Waals surface area contributed by atoms with Crippen molar-refractivity contribution in [3.8, 4) is 0 Å². The third-order valence-electron chi connectivity index (χ3n) is 3.51. The van der Waals surface area contributed by atoms with E-state index in [1.54, 1.807) is 7.11 Å². The number of carbonyl (C=O) groups excluding carboxylic acids is 1. The highest BCUT2D eigenvalue weighted by Gasteiger charge is 2.29. The SMILES string of the molecule is CCCN(C(=O)c1cccn1CCOC)C1CNC1. The van der Waals surface area contributed by atoms with Crippen molar-refractivity contribution in [3.05, 3.63) is 24.0 Å². The first-order valence-electron chi connectivity index (χ1n) is 6.93. The van der Waals surface area contributed by atoms with Crippen molar-refractivity contribution < 1.29 is 9.53 Å². The van der Waals surface area contributed by atoms with E-state index < -0.39 is 0 Å². The van der Waals surface area contributed by atoms with Gasteiger partial charge in [0.25, 0.3) is 5.91 Å². The van der Waals surface area contributed by atoms with Gasteiger partial charge in [0.05, 0.1) is 12.6 Å². The standard InChI is InChI=1S/C14H23N3O2/c1-3-6-17(12-10-15-11-12)14(18)13-5-4-7-16(13)8-9-19-2/h4-5,7,12,15H,3,6,8-11H2,1-2H3. The minimum absolute atomic E-state index is 0.134. The van der Waals surface area contributed by atoms with Gasteiger partial charge in [0.2, 0.25) is 0 Å². The normalized spacial score (nSPS) is 15.3. The summed E-state index contributed by atoms with van der Waals surface area (Å²) in [6.07, 6.45) is 2.93. The second kappa shape index (κ2) is 6.73. The van der Waals surface area contributed by atoms with Crippen molar-refractivity contribution in [1.82, 2.24) is 14.8 Å². The van der Waals surface area contributed by atoms with Gasteiger partial charge in [0.15, 0.2) is 0 Å². The number of rotatable bonds is 7. The highest BCUT2D eigenvalue weighted by Crippen LogP contribution is 2.13. The monoisotopic (exact) mass is 265 g/mol. The quantitative estimate of drug-likeness (QED) is 0.799. The molecule has 1 saturated heterocycles. The van der Waals surface area contributed by atoms with Crippen molar-refractivity contribution in [2.45, 2.75) is 25.9 Å². The van der Waals surface area contributed by atoms with Crippen molar-refractivity contribution in [3.63, 3.8) is 0 Å². The number of carbonyl (C=O) groups is 1. The van der Waals surface area contributed by atoms with Crippen LogP contribution in [0.2, 0.25) is 0 Å². The fourth-order valence-electron chi connectivity index (χ4n) is 2.32. The van der Waals surface area contributed by atoms with Crippen LogP contribution in [-0.2, 0) is 11.3 Å². The lowest BCUT2D eigenvalue weighted by atomic mass is 10.1. The van der Waals surface area contributed by atoms with Crippen LogP contribution in [0.25, 0.3) is 0 Å². The van der Waals surface area contributed by atoms with Gasteiger partial charge in [-0.25, -0.2) is 0 Å². The summed E-state index contributed by atoms with van der Waals surface area (Å²) in [6.45, 7) is 6.08. The molecule has 1 aliphatic rings. The summed E-state index contributed by atoms with van der Waals surface area (Å²) >= 11 is 0. The molecule has 1 N–H and O–H groups in total. The van der Waals surface area contributed by atoms with Crippen LogP contribution < -0.4 is 5.32 Å². The summed E-state index contributed by atoms with van der Waals surface area (Å²) in [5.41, 5.74) is 0.761. The first-order chi connectivity index (χ1) is 9.27. The largest absolute Gasteiger partial charge is 0.383 e. The van der Waals surface area contributed by atoms with Crippen LogP contribution in [0.15, 0.2) is 18.3 Å². The lowest BCUT2D eigenvalue weighted by Gasteiger charge is -2.38. The molecule has 5 heteroatoms. The van der Waals surface area contributed by atoms with Gasteiger partial charge >= 0.3 is 0 Å². The van der Waals surface area contributed by atoms with E-state index in [0.29, 0.717) is 19.2 Å². The van der Waals surface area contributed by atoms with E-state index in [1.807, 2.05) is 27.8 Å². The molecule has 0 spiro atoms. The van der Waals surface area contributed by atoms with Crippen molar-refractivity contribution in [2.24, 2.45) is 0 Å². The van der Waals surface area contributed by atoms with Gasteiger partial charge < -0.3 is 19.5 Å². The van der Waals surface area contributed by atoms with Gasteiger partial charge in [-0.3, -0.25) is 4.79 Å². The number of nitrogens with one attached hydrogen (secondary N) is 1. The lowest BCUT2D eigenvalue weighted by molar-refractivity contribution is 0.0602. The third-order valence-corrected chi connectivity index (χ3v) is 3.51. The van der Waals surface area contributed by atoms with E-state index in [9.17, 15) is 4.79 Å². The average molecular weight is 265 g/mol. The Labute approximate surface area is 114 Å². The minimum Gasteiger partial charge on any atom is -0.383 e. The second-order valence-electron chi connectivity index (χ2n) is 4.89. The molecule has 0 bridgehead atoms. The average Bonchev–Trinajstić information content (AvgIpc) is 2.81. The Morgan fingerprint density at radius 3 is 2.95 bits per heavy atom. The highest BCUT2D eigenvalue weighted by molar-refractivity contribution is 5.93. The molecule has 0 saturated carbocycles. The Balaban J connectivity index is 2.09. The molecule has 1 fully saturated rings. The molecule has 1 aromatic heterocycles. The number of aromatic nitrogens is 1. The van der Waals surface area contributed by atoms with Crippen molar-refractivity contribution in [2.75, 3.05) is 33.4 Å². The molecule has 19 heavy (non-hydrogen) atoms. The molecule has 0 atom stereocenters. The fourth-order valence-corrected chi connectivity index (χ4v) is 2.32. The second-order valence-corrected chi connectivity index (χ2v) is 4.89. The zero-order valence-corrected chi connectivity index (χ0v) is 11.8. The van der Waals surface area contributed by atoms with Crippen LogP contribution in [0.5, 0.6) is 0 Å². The van der Waals surface area contributed by atoms with Gasteiger partial charge in [-0.15, -0.1) is 0 Å². The smallest absolute Gasteiger partial charge is 0.270 e. The Hall–Kier alpha value is -1.33. The Morgan fingerprint density at radius 2 is 2.37 bits per heavy atom. The maximum atomic E-state index is 12.7. The molecular formula is C14H23N3O2. The topological polar surface area (TPSA) is 46.5 Å². The number of hydrogen-bond acceptors (Lipinski definition) is 3. The maximum absolute atomic E-state index is 12.7. The minimum atomic E-state index is 0.134. The molecule has 106 valence electrons. The summed E-state index contributed by atoms with van der Waals surface area (Å²) in [5.74, 6) is 0.134. The maximum Gasteiger partial charge on any atom is 0.270 e. The summed E-state index contributed by atoms with van der Waals surface area (Å²) in [6, 6.07) is 4.16. The Bertz CT molecular complexity index is 413. The molecule has 5 nitrogen and oxygen atoms in total. The van der Waals surface area contributed by atoms with E-state index in [4.69, 9.17) is 4.74 Å². The van der Waals surface area contributed by atoms with E-state index in [-0.39, 0.29) is 5.91 Å². The van der Waals surface area contributed by atoms with Crippen LogP contribution >= 0.6 is 0 Å². The number of methoxy groups -OCH3 is 1. The van der Waals surface area contributed by atoms with Crippen LogP contribution in [0.1, 0.15) is 23.8 Å². The number of hydrogen-bond donors (Lipinski definition) is 1. The molecule has 0 radical (unpaired) electrons. The van der Waals surface area contributed by atoms with E-state index in [0.717, 1.165) is 31.7 Å². The highest BCUT2D eigenvalue weighted by atomic mass is 16.5. The molecular weight excluding hydrogens is 242 g/mol. The number of amides is 1. The van der Waals surface area contributed by atoms with Gasteiger partial charge in [-0.2, -0.15) is 0 Å². The van der Waals surface area contributed by atoms with E-state index in [1.165, 1.54) is 0 Å². The Kier molecular flexibility index (Phi) is 4.99. The molecule has 0 aliphatic carbocycles. The first kappa shape index (κ1) is 14.1. The first-order valence-corrected chi connectivity index (χ1v) is 6.93. The molecule has 2 rings (SSSR count). The van der Waals surface area contributed by atoms with Gasteiger partial charge in [-0.05, 0) is 18.6 Å². The van der Waals surface area contributed by atoms with E-state index in [2.05, 4.69) is 12.2 Å². The van der Waals surface area contributed by atoms with Gasteiger partial charge in [0, 0.05) is 39.5 Å². The predicted octanol–water partition coefficient (Wildman–Crippen LogP) is 0.958. The molecule has 1 aromatic rings. The summed E-state index contributed by atoms with van der Waals surface area (Å²) < 4.78 is 7.05. The Morgan fingerprint density at radius 1 is 1.58 bits per heavy atom. The predicted molar refractivity (Wildman–Crippen MR) is 74.3 cm³/mol. The van der Waals surface area contributed by atoms with Crippen LogP contribution in [0.3, 0.4) is 0 Å². The third kappa shape index (κ3) is 3.16. The molecule has 0 unspecified atom stereocenters. The number of nitrogens with zero attached hydrogens (tertiary/aromatic N) is 2. The lowest BCUT2D eigenvalue weighted by Crippen LogP contribution is -2.59. The van der Waals surface area contributed by atoms with Gasteiger partial charge in [-0.1, -0.05) is 6.92 Å². The van der Waals surface area contributed by atoms with Crippen LogP contribution in [-0.4, -0.2) is 54.8 Å². The summed E-state index contributed by atoms with van der Waals surface area (Å²) in [5, 5.41) is 3.23. The summed E-state index contributed by atoms with van der Waals surface area (Å²) in [4.78, 5) is 14.6. The number of ether oxygens (including phenoxy) is 1. The van der Waals surface area contributed by atoms with E-state index >= 15 is 0 Å². The van der Waals surface area contributed by atoms with Crippen molar-refractivity contribution in [1.29, 1.82) is 0 Å². The fraction of sp³-hybridized carbons (Fsp3) is 0.643. The summed E-state index contributed by atoms with van der Waals surface area (Å²) in [7, 11) is 1.68. The van der Waals surface area contributed by atoms with Gasteiger partial charge in [0.1, 0.15) is 5.69 Å². The zero-order valence-electron chi connectivity index (χ0n) is 11.8. The van der Waals surface area contributed by atoms with Crippen LogP contribution in [0.4, 0.5) is 0 Å². The van der Waals surface area contributed by atoms with Crippen LogP contribution in [0, 0.1) is 0 Å². The van der Waals surface area contributed by atoms with Crippen molar-refractivity contribution >= 4 is 5.91 Å². The molecule has 1 amide bonds.